The fourth-order valence-electron chi connectivity index (χ4n) is 3.44. The number of Topliss-reactive ketones (excluding diaryl/α,β-unsaturated/α-hetero) is 1. The predicted molar refractivity (Wildman–Crippen MR) is 104 cm³/mol. The number of nitrogens with one attached hydrogen (secondary N) is 1. The number of carbonyl (C=O) groups excluding carboxylic acids is 4. The number of esters is 1. The Balaban J connectivity index is 1.40. The number of ketones is 1. The van der Waals surface area contributed by atoms with Crippen LogP contribution in [0.3, 0.4) is 0 Å². The van der Waals surface area contributed by atoms with Gasteiger partial charge in [-0.3, -0.25) is 14.4 Å². The van der Waals surface area contributed by atoms with Crippen molar-refractivity contribution in [1.29, 1.82) is 0 Å². The average molecular weight is 414 g/mol. The number of thioether (sulfide) groups is 1. The van der Waals surface area contributed by atoms with Crippen LogP contribution in [-0.2, 0) is 25.5 Å². The Morgan fingerprint density at radius 2 is 2.14 bits per heavy atom. The van der Waals surface area contributed by atoms with E-state index in [4.69, 9.17) is 9.15 Å². The molecule has 2 aromatic rings. The summed E-state index contributed by atoms with van der Waals surface area (Å²) >= 11 is 1.40. The van der Waals surface area contributed by atoms with Gasteiger partial charge in [0.2, 0.25) is 11.8 Å². The van der Waals surface area contributed by atoms with Crippen LogP contribution in [0.1, 0.15) is 34.0 Å². The zero-order valence-corrected chi connectivity index (χ0v) is 16.4. The van der Waals surface area contributed by atoms with Crippen molar-refractivity contribution in [3.63, 3.8) is 0 Å². The Kier molecular flexibility index (Phi) is 5.14. The van der Waals surface area contributed by atoms with E-state index in [1.807, 2.05) is 0 Å². The Morgan fingerprint density at radius 1 is 1.31 bits per heavy atom. The second kappa shape index (κ2) is 7.75. The number of amides is 2. The molecule has 2 aliphatic heterocycles. The third kappa shape index (κ3) is 3.77. The van der Waals surface area contributed by atoms with Gasteiger partial charge >= 0.3 is 5.97 Å². The van der Waals surface area contributed by atoms with Gasteiger partial charge in [0.05, 0.1) is 12.7 Å². The summed E-state index contributed by atoms with van der Waals surface area (Å²) in [6.45, 7) is 0.949. The quantitative estimate of drug-likeness (QED) is 0.590. The van der Waals surface area contributed by atoms with Gasteiger partial charge in [0.25, 0.3) is 0 Å². The minimum absolute atomic E-state index is 0.120. The number of fused-ring (bicyclic) bond motifs is 1. The van der Waals surface area contributed by atoms with Crippen LogP contribution >= 0.6 is 11.8 Å². The van der Waals surface area contributed by atoms with E-state index < -0.39 is 24.0 Å². The maximum atomic E-state index is 12.6. The van der Waals surface area contributed by atoms with Gasteiger partial charge in [-0.15, -0.1) is 11.8 Å². The highest BCUT2D eigenvalue weighted by Gasteiger charge is 2.43. The monoisotopic (exact) mass is 414 g/mol. The van der Waals surface area contributed by atoms with E-state index >= 15 is 0 Å². The number of rotatable bonds is 5. The van der Waals surface area contributed by atoms with Crippen molar-refractivity contribution in [3.05, 3.63) is 53.5 Å². The zero-order chi connectivity index (χ0) is 20.5. The lowest BCUT2D eigenvalue weighted by atomic mass is 10.1. The standard InChI is InChI=1S/C20H18N2O6S/c1-11(23)22-15(10-29-19(22)17-3-2-6-27-17)20(26)28-9-16(24)12-4-5-14-13(7-12)8-18(25)21-14/h2-7,15,19H,8-10H2,1H3,(H,21,25)/t15-,19+/m0/s1. The van der Waals surface area contributed by atoms with Gasteiger partial charge in [-0.05, 0) is 35.9 Å². The molecule has 9 heteroatoms. The molecule has 1 aromatic heterocycles. The fraction of sp³-hybridized carbons (Fsp3) is 0.300. The number of benzene rings is 1. The van der Waals surface area contributed by atoms with Crippen molar-refractivity contribution in [3.8, 4) is 0 Å². The van der Waals surface area contributed by atoms with E-state index in [0.717, 1.165) is 5.56 Å². The van der Waals surface area contributed by atoms with Crippen LogP contribution in [0.15, 0.2) is 41.0 Å². The highest BCUT2D eigenvalue weighted by molar-refractivity contribution is 7.99. The van der Waals surface area contributed by atoms with Crippen molar-refractivity contribution in [2.75, 3.05) is 17.7 Å². The first-order valence-electron chi connectivity index (χ1n) is 9.00. The molecule has 1 aromatic carbocycles. The summed E-state index contributed by atoms with van der Waals surface area (Å²) in [5, 5.41) is 2.29. The van der Waals surface area contributed by atoms with Gasteiger partial charge in [0.1, 0.15) is 17.2 Å². The van der Waals surface area contributed by atoms with E-state index in [9.17, 15) is 19.2 Å². The lowest BCUT2D eigenvalue weighted by Crippen LogP contribution is -2.43. The summed E-state index contributed by atoms with van der Waals surface area (Å²) in [4.78, 5) is 50.0. The summed E-state index contributed by atoms with van der Waals surface area (Å²) in [6, 6.07) is 7.55. The summed E-state index contributed by atoms with van der Waals surface area (Å²) in [7, 11) is 0. The number of carbonyl (C=O) groups is 4. The van der Waals surface area contributed by atoms with Crippen LogP contribution in [0, 0.1) is 0 Å². The van der Waals surface area contributed by atoms with Gasteiger partial charge in [0, 0.05) is 23.9 Å². The third-order valence-corrected chi connectivity index (χ3v) is 6.10. The molecular formula is C20H18N2O6S. The second-order valence-electron chi connectivity index (χ2n) is 6.77. The fourth-order valence-corrected chi connectivity index (χ4v) is 4.86. The minimum Gasteiger partial charge on any atom is -0.466 e. The molecule has 1 saturated heterocycles. The van der Waals surface area contributed by atoms with Crippen LogP contribution < -0.4 is 5.32 Å². The highest BCUT2D eigenvalue weighted by Crippen LogP contribution is 2.41. The number of hydrogen-bond acceptors (Lipinski definition) is 7. The summed E-state index contributed by atoms with van der Waals surface area (Å²) in [6.07, 6.45) is 1.73. The molecule has 0 spiro atoms. The molecule has 0 unspecified atom stereocenters. The second-order valence-corrected chi connectivity index (χ2v) is 7.88. The van der Waals surface area contributed by atoms with Gasteiger partial charge in [-0.2, -0.15) is 0 Å². The average Bonchev–Trinajstić information content (AvgIpc) is 3.42. The van der Waals surface area contributed by atoms with Crippen LogP contribution in [0.25, 0.3) is 0 Å². The van der Waals surface area contributed by atoms with Gasteiger partial charge < -0.3 is 19.4 Å². The molecule has 2 aliphatic rings. The molecule has 29 heavy (non-hydrogen) atoms. The Morgan fingerprint density at radius 3 is 2.86 bits per heavy atom. The van der Waals surface area contributed by atoms with Crippen LogP contribution in [0.2, 0.25) is 0 Å². The highest BCUT2D eigenvalue weighted by atomic mass is 32.2. The molecule has 0 bridgehead atoms. The summed E-state index contributed by atoms with van der Waals surface area (Å²) in [5.74, 6) is -0.468. The van der Waals surface area contributed by atoms with E-state index in [1.165, 1.54) is 29.8 Å². The first kappa shape index (κ1) is 19.3. The van der Waals surface area contributed by atoms with Crippen LogP contribution in [-0.4, -0.2) is 46.9 Å². The Labute approximate surface area is 170 Å². The Bertz CT molecular complexity index is 987. The molecule has 1 N–H and O–H groups in total. The van der Waals surface area contributed by atoms with Crippen LogP contribution in [0.4, 0.5) is 5.69 Å². The van der Waals surface area contributed by atoms with Crippen molar-refractivity contribution < 1.29 is 28.3 Å². The summed E-state index contributed by atoms with van der Waals surface area (Å²) in [5.41, 5.74) is 1.79. The number of anilines is 1. The molecular weight excluding hydrogens is 396 g/mol. The molecule has 0 saturated carbocycles. The Hall–Kier alpha value is -3.07. The smallest absolute Gasteiger partial charge is 0.330 e. The lowest BCUT2D eigenvalue weighted by molar-refractivity contribution is -0.152. The molecule has 1 fully saturated rings. The zero-order valence-electron chi connectivity index (χ0n) is 15.5. The molecule has 150 valence electrons. The normalized spacial score (nSPS) is 20.3. The van der Waals surface area contributed by atoms with Crippen molar-refractivity contribution in [2.45, 2.75) is 24.8 Å². The first-order valence-corrected chi connectivity index (χ1v) is 10.1. The molecule has 4 rings (SSSR count). The van der Waals surface area contributed by atoms with E-state index in [2.05, 4.69) is 5.32 Å². The topological polar surface area (TPSA) is 106 Å². The third-order valence-electron chi connectivity index (χ3n) is 4.82. The van der Waals surface area contributed by atoms with Crippen molar-refractivity contribution >= 4 is 41.0 Å². The molecule has 3 heterocycles. The molecule has 0 radical (unpaired) electrons. The maximum absolute atomic E-state index is 12.6. The van der Waals surface area contributed by atoms with Crippen molar-refractivity contribution in [2.24, 2.45) is 0 Å². The van der Waals surface area contributed by atoms with E-state index in [-0.39, 0.29) is 24.0 Å². The maximum Gasteiger partial charge on any atom is 0.330 e. The minimum atomic E-state index is -0.790. The first-order chi connectivity index (χ1) is 13.9. The van der Waals surface area contributed by atoms with Gasteiger partial charge in [0.15, 0.2) is 12.4 Å². The number of furan rings is 1. The predicted octanol–water partition coefficient (Wildman–Crippen LogP) is 2.16. The van der Waals surface area contributed by atoms with Crippen molar-refractivity contribution in [1.82, 2.24) is 4.90 Å². The SMILES string of the molecule is CC(=O)N1[C@@H](c2ccco2)SC[C@H]1C(=O)OCC(=O)c1ccc2c(c1)CC(=O)N2. The summed E-state index contributed by atoms with van der Waals surface area (Å²) < 4.78 is 10.6. The van der Waals surface area contributed by atoms with E-state index in [0.29, 0.717) is 22.8 Å². The molecule has 8 nitrogen and oxygen atoms in total. The lowest BCUT2D eigenvalue weighted by Gasteiger charge is -2.25. The van der Waals surface area contributed by atoms with E-state index in [1.54, 1.807) is 30.3 Å². The molecule has 2 amide bonds. The molecule has 0 aliphatic carbocycles. The largest absolute Gasteiger partial charge is 0.466 e. The number of nitrogens with zero attached hydrogens (tertiary/aromatic N) is 1. The number of ether oxygens (including phenoxy) is 1. The van der Waals surface area contributed by atoms with Gasteiger partial charge in [-0.1, -0.05) is 0 Å². The molecule has 2 atom stereocenters. The van der Waals surface area contributed by atoms with Gasteiger partial charge in [-0.25, -0.2) is 4.79 Å². The van der Waals surface area contributed by atoms with Crippen LogP contribution in [0.5, 0.6) is 0 Å². The number of hydrogen-bond donors (Lipinski definition) is 1.